The van der Waals surface area contributed by atoms with Crippen LogP contribution in [-0.2, 0) is 0 Å². The molecule has 0 fully saturated rings. The van der Waals surface area contributed by atoms with Crippen LogP contribution in [0.15, 0.2) is 28.9 Å². The molecule has 0 aliphatic heterocycles. The molecular formula is C9H7NO3. The van der Waals surface area contributed by atoms with Crippen LogP contribution in [0.25, 0.3) is 11.0 Å². The molecule has 2 rings (SSSR count). The average molecular weight is 177 g/mol. The molecule has 1 aromatic heterocycles. The Morgan fingerprint density at radius 2 is 2.23 bits per heavy atom. The minimum Gasteiger partial charge on any atom is -0.478 e. The first-order valence-corrected chi connectivity index (χ1v) is 3.69. The van der Waals surface area contributed by atoms with Gasteiger partial charge in [0.05, 0.1) is 16.6 Å². The van der Waals surface area contributed by atoms with Crippen LogP contribution < -0.4 is 5.73 Å². The Balaban J connectivity index is 2.88. The van der Waals surface area contributed by atoms with Crippen molar-refractivity contribution in [2.24, 2.45) is 0 Å². The number of nitrogen functional groups attached to an aromatic ring is 1. The molecule has 0 bridgehead atoms. The van der Waals surface area contributed by atoms with Gasteiger partial charge in [0.15, 0.2) is 0 Å². The van der Waals surface area contributed by atoms with Crippen molar-refractivity contribution in [3.63, 3.8) is 0 Å². The van der Waals surface area contributed by atoms with Crippen LogP contribution in [0.4, 0.5) is 5.69 Å². The summed E-state index contributed by atoms with van der Waals surface area (Å²) in [5, 5.41) is 9.30. The van der Waals surface area contributed by atoms with E-state index < -0.39 is 5.97 Å². The zero-order valence-corrected chi connectivity index (χ0v) is 6.65. The fourth-order valence-corrected chi connectivity index (χ4v) is 1.29. The molecule has 0 amide bonds. The van der Waals surface area contributed by atoms with E-state index in [0.29, 0.717) is 16.7 Å². The van der Waals surface area contributed by atoms with Gasteiger partial charge in [0, 0.05) is 0 Å². The van der Waals surface area contributed by atoms with Crippen molar-refractivity contribution in [3.05, 3.63) is 30.0 Å². The van der Waals surface area contributed by atoms with Gasteiger partial charge in [-0.1, -0.05) is 6.07 Å². The van der Waals surface area contributed by atoms with Crippen LogP contribution in [0.3, 0.4) is 0 Å². The molecule has 1 aromatic carbocycles. The summed E-state index contributed by atoms with van der Waals surface area (Å²) in [7, 11) is 0. The number of carboxylic acids is 1. The van der Waals surface area contributed by atoms with Gasteiger partial charge in [-0.15, -0.1) is 0 Å². The molecule has 4 heteroatoms. The SMILES string of the molecule is Nc1coc2cccc(C(=O)O)c12. The highest BCUT2D eigenvalue weighted by atomic mass is 16.4. The fraction of sp³-hybridized carbons (Fsp3) is 0. The topological polar surface area (TPSA) is 76.5 Å². The first kappa shape index (κ1) is 7.67. The van der Waals surface area contributed by atoms with E-state index in [0.717, 1.165) is 0 Å². The molecule has 0 aliphatic carbocycles. The van der Waals surface area contributed by atoms with Crippen molar-refractivity contribution in [3.8, 4) is 0 Å². The number of rotatable bonds is 1. The smallest absolute Gasteiger partial charge is 0.336 e. The minimum absolute atomic E-state index is 0.170. The lowest BCUT2D eigenvalue weighted by Crippen LogP contribution is -1.97. The maximum atomic E-state index is 10.8. The third kappa shape index (κ3) is 1.03. The number of hydrogen-bond acceptors (Lipinski definition) is 3. The fourth-order valence-electron chi connectivity index (χ4n) is 1.29. The molecule has 4 nitrogen and oxygen atoms in total. The zero-order chi connectivity index (χ0) is 9.42. The summed E-state index contributed by atoms with van der Waals surface area (Å²) in [6.07, 6.45) is 1.34. The number of carboxylic acid groups (broad SMARTS) is 1. The molecule has 0 spiro atoms. The second-order valence-corrected chi connectivity index (χ2v) is 2.67. The van der Waals surface area contributed by atoms with Crippen molar-refractivity contribution in [2.45, 2.75) is 0 Å². The van der Waals surface area contributed by atoms with E-state index in [1.165, 1.54) is 12.3 Å². The van der Waals surface area contributed by atoms with E-state index >= 15 is 0 Å². The lowest BCUT2D eigenvalue weighted by atomic mass is 10.1. The van der Waals surface area contributed by atoms with Crippen molar-refractivity contribution in [1.82, 2.24) is 0 Å². The van der Waals surface area contributed by atoms with E-state index in [1.807, 2.05) is 0 Å². The predicted molar refractivity (Wildman–Crippen MR) is 47.6 cm³/mol. The summed E-state index contributed by atoms with van der Waals surface area (Å²) in [5.41, 5.74) is 6.58. The second-order valence-electron chi connectivity index (χ2n) is 2.67. The van der Waals surface area contributed by atoms with Gasteiger partial charge >= 0.3 is 5.97 Å². The first-order valence-electron chi connectivity index (χ1n) is 3.69. The predicted octanol–water partition coefficient (Wildman–Crippen LogP) is 1.71. The quantitative estimate of drug-likeness (QED) is 0.695. The Morgan fingerprint density at radius 1 is 1.46 bits per heavy atom. The van der Waals surface area contributed by atoms with Crippen LogP contribution in [-0.4, -0.2) is 11.1 Å². The highest BCUT2D eigenvalue weighted by Crippen LogP contribution is 2.26. The van der Waals surface area contributed by atoms with E-state index in [9.17, 15) is 4.79 Å². The number of nitrogens with two attached hydrogens (primary N) is 1. The van der Waals surface area contributed by atoms with Gasteiger partial charge in [-0.25, -0.2) is 4.79 Å². The van der Waals surface area contributed by atoms with Crippen LogP contribution in [0.2, 0.25) is 0 Å². The molecule has 0 radical (unpaired) electrons. The summed E-state index contributed by atoms with van der Waals surface area (Å²) in [6.45, 7) is 0. The Morgan fingerprint density at radius 3 is 2.92 bits per heavy atom. The van der Waals surface area contributed by atoms with Gasteiger partial charge in [0.1, 0.15) is 11.8 Å². The van der Waals surface area contributed by atoms with Gasteiger partial charge in [0.2, 0.25) is 0 Å². The molecule has 0 saturated heterocycles. The maximum absolute atomic E-state index is 10.8. The molecule has 13 heavy (non-hydrogen) atoms. The molecule has 2 aromatic rings. The number of benzene rings is 1. The summed E-state index contributed by atoms with van der Waals surface area (Å²) in [6, 6.07) is 4.80. The van der Waals surface area contributed by atoms with Crippen LogP contribution in [0, 0.1) is 0 Å². The van der Waals surface area contributed by atoms with Crippen molar-refractivity contribution in [2.75, 3.05) is 5.73 Å². The lowest BCUT2D eigenvalue weighted by molar-refractivity contribution is 0.0699. The standard InChI is InChI=1S/C9H7NO3/c10-6-4-13-7-3-1-2-5(8(6)7)9(11)12/h1-4H,10H2,(H,11,12). The van der Waals surface area contributed by atoms with Crippen LogP contribution >= 0.6 is 0 Å². The number of fused-ring (bicyclic) bond motifs is 1. The molecule has 66 valence electrons. The number of aromatic carboxylic acids is 1. The van der Waals surface area contributed by atoms with Crippen molar-refractivity contribution >= 4 is 22.6 Å². The Labute approximate surface area is 73.6 Å². The summed E-state index contributed by atoms with van der Waals surface area (Å²) < 4.78 is 5.05. The van der Waals surface area contributed by atoms with E-state index in [1.54, 1.807) is 12.1 Å². The molecule has 0 saturated carbocycles. The van der Waals surface area contributed by atoms with Gasteiger partial charge in [-0.05, 0) is 12.1 Å². The first-order chi connectivity index (χ1) is 6.20. The molecule has 0 atom stereocenters. The number of furan rings is 1. The Kier molecular flexibility index (Phi) is 1.48. The Bertz CT molecular complexity index is 473. The zero-order valence-electron chi connectivity index (χ0n) is 6.65. The van der Waals surface area contributed by atoms with Crippen LogP contribution in [0.5, 0.6) is 0 Å². The maximum Gasteiger partial charge on any atom is 0.336 e. The molecular weight excluding hydrogens is 170 g/mol. The van der Waals surface area contributed by atoms with E-state index in [4.69, 9.17) is 15.3 Å². The molecule has 3 N–H and O–H groups in total. The van der Waals surface area contributed by atoms with Gasteiger partial charge in [-0.2, -0.15) is 0 Å². The van der Waals surface area contributed by atoms with E-state index in [2.05, 4.69) is 0 Å². The highest BCUT2D eigenvalue weighted by Gasteiger charge is 2.12. The highest BCUT2D eigenvalue weighted by molar-refractivity contribution is 6.07. The Hall–Kier alpha value is -1.97. The normalized spacial score (nSPS) is 10.5. The molecule has 1 heterocycles. The van der Waals surface area contributed by atoms with Gasteiger partial charge < -0.3 is 15.3 Å². The number of hydrogen-bond donors (Lipinski definition) is 2. The van der Waals surface area contributed by atoms with Gasteiger partial charge in [-0.3, -0.25) is 0 Å². The monoisotopic (exact) mass is 177 g/mol. The van der Waals surface area contributed by atoms with Crippen molar-refractivity contribution in [1.29, 1.82) is 0 Å². The third-order valence-corrected chi connectivity index (χ3v) is 1.86. The summed E-state index contributed by atoms with van der Waals surface area (Å²) >= 11 is 0. The largest absolute Gasteiger partial charge is 0.478 e. The average Bonchev–Trinajstić information content (AvgIpc) is 2.48. The summed E-state index contributed by atoms with van der Waals surface area (Å²) in [4.78, 5) is 10.8. The summed E-state index contributed by atoms with van der Waals surface area (Å²) in [5.74, 6) is -1.00. The third-order valence-electron chi connectivity index (χ3n) is 1.86. The lowest BCUT2D eigenvalue weighted by Gasteiger charge is -1.95. The number of anilines is 1. The van der Waals surface area contributed by atoms with Crippen LogP contribution in [0.1, 0.15) is 10.4 Å². The molecule has 0 aliphatic rings. The molecule has 0 unspecified atom stereocenters. The van der Waals surface area contributed by atoms with Gasteiger partial charge in [0.25, 0.3) is 0 Å². The minimum atomic E-state index is -1.00. The number of carbonyl (C=O) groups is 1. The van der Waals surface area contributed by atoms with E-state index in [-0.39, 0.29) is 5.56 Å². The second kappa shape index (κ2) is 2.52. The van der Waals surface area contributed by atoms with Crippen molar-refractivity contribution < 1.29 is 14.3 Å².